The molecule has 0 fully saturated rings. The van der Waals surface area contributed by atoms with E-state index in [1.165, 1.54) is 22.0 Å². The molecule has 0 spiro atoms. The van der Waals surface area contributed by atoms with Crippen molar-refractivity contribution in [2.75, 3.05) is 6.26 Å². The molecule has 0 unspecified atom stereocenters. The van der Waals surface area contributed by atoms with Crippen molar-refractivity contribution in [2.45, 2.75) is 32.6 Å². The van der Waals surface area contributed by atoms with Gasteiger partial charge in [0, 0.05) is 28.9 Å². The van der Waals surface area contributed by atoms with Gasteiger partial charge < -0.3 is 4.57 Å². The summed E-state index contributed by atoms with van der Waals surface area (Å²) in [5, 5.41) is 1.41. The number of hydrogen-bond acceptors (Lipinski definition) is 1. The van der Waals surface area contributed by atoms with Gasteiger partial charge in [-0.25, -0.2) is 0 Å². The van der Waals surface area contributed by atoms with E-state index >= 15 is 0 Å². The maximum Gasteiger partial charge on any atom is 0.0488 e. The first kappa shape index (κ1) is 11.6. The molecule has 0 aliphatic rings. The third-order valence-corrected chi connectivity index (χ3v) is 3.53. The molecule has 1 nitrogen and oxygen atoms in total. The average molecular weight is 233 g/mol. The molecule has 1 aromatic heterocycles. The first-order valence-corrected chi connectivity index (χ1v) is 7.12. The minimum Gasteiger partial charge on any atom is -0.345 e. The van der Waals surface area contributed by atoms with Gasteiger partial charge in [0.05, 0.1) is 0 Å². The molecule has 1 aromatic carbocycles. The van der Waals surface area contributed by atoms with E-state index in [2.05, 4.69) is 56.0 Å². The number of benzene rings is 1. The highest BCUT2D eigenvalue weighted by Crippen LogP contribution is 2.27. The molecular weight excluding hydrogens is 214 g/mol. The van der Waals surface area contributed by atoms with Gasteiger partial charge >= 0.3 is 0 Å². The number of hydrogen-bond donors (Lipinski definition) is 0. The summed E-state index contributed by atoms with van der Waals surface area (Å²) in [7, 11) is 0. The SMILES string of the molecule is CSCc1cn(C(C)C)c2cc(C)ccc12. The van der Waals surface area contributed by atoms with Crippen molar-refractivity contribution in [1.82, 2.24) is 4.57 Å². The van der Waals surface area contributed by atoms with Crippen LogP contribution in [0.3, 0.4) is 0 Å². The van der Waals surface area contributed by atoms with Gasteiger partial charge in [0.2, 0.25) is 0 Å². The minimum atomic E-state index is 0.528. The summed E-state index contributed by atoms with van der Waals surface area (Å²) < 4.78 is 2.38. The molecule has 0 bridgehead atoms. The van der Waals surface area contributed by atoms with Crippen LogP contribution in [-0.2, 0) is 5.75 Å². The number of aromatic nitrogens is 1. The number of fused-ring (bicyclic) bond motifs is 1. The highest BCUT2D eigenvalue weighted by molar-refractivity contribution is 7.97. The van der Waals surface area contributed by atoms with E-state index in [0.717, 1.165) is 5.75 Å². The molecule has 0 N–H and O–H groups in total. The number of rotatable bonds is 3. The van der Waals surface area contributed by atoms with Crippen LogP contribution < -0.4 is 0 Å². The molecule has 0 saturated heterocycles. The molecule has 2 aromatic rings. The highest BCUT2D eigenvalue weighted by atomic mass is 32.2. The van der Waals surface area contributed by atoms with Crippen LogP contribution in [0.4, 0.5) is 0 Å². The van der Waals surface area contributed by atoms with Crippen LogP contribution in [0.15, 0.2) is 24.4 Å². The van der Waals surface area contributed by atoms with Crippen molar-refractivity contribution >= 4 is 22.7 Å². The Bertz CT molecular complexity index is 497. The van der Waals surface area contributed by atoms with Crippen LogP contribution in [-0.4, -0.2) is 10.8 Å². The summed E-state index contributed by atoms with van der Waals surface area (Å²) in [5.41, 5.74) is 4.17. The van der Waals surface area contributed by atoms with Gasteiger partial charge in [0.15, 0.2) is 0 Å². The third kappa shape index (κ3) is 1.99. The summed E-state index contributed by atoms with van der Waals surface area (Å²) >= 11 is 1.89. The van der Waals surface area contributed by atoms with Gasteiger partial charge in [-0.1, -0.05) is 12.1 Å². The first-order chi connectivity index (χ1) is 7.63. The number of nitrogens with zero attached hydrogens (tertiary/aromatic N) is 1. The van der Waals surface area contributed by atoms with Gasteiger partial charge in [-0.2, -0.15) is 11.8 Å². The van der Waals surface area contributed by atoms with Gasteiger partial charge in [-0.05, 0) is 44.2 Å². The Labute approximate surface area is 102 Å². The standard InChI is InChI=1S/C14H19NS/c1-10(2)15-8-12(9-16-4)13-6-5-11(3)7-14(13)15/h5-8,10H,9H2,1-4H3. The summed E-state index contributed by atoms with van der Waals surface area (Å²) in [6, 6.07) is 7.28. The van der Waals surface area contributed by atoms with E-state index in [4.69, 9.17) is 0 Å². The van der Waals surface area contributed by atoms with Crippen molar-refractivity contribution in [2.24, 2.45) is 0 Å². The van der Waals surface area contributed by atoms with E-state index in [-0.39, 0.29) is 0 Å². The lowest BCUT2D eigenvalue weighted by Gasteiger charge is -2.09. The molecule has 2 rings (SSSR count). The van der Waals surface area contributed by atoms with Gasteiger partial charge in [0.25, 0.3) is 0 Å². The van der Waals surface area contributed by atoms with Crippen LogP contribution in [0.2, 0.25) is 0 Å². The molecule has 0 radical (unpaired) electrons. The predicted molar refractivity (Wildman–Crippen MR) is 74.3 cm³/mol. The average Bonchev–Trinajstić information content (AvgIpc) is 2.57. The highest BCUT2D eigenvalue weighted by Gasteiger charge is 2.09. The van der Waals surface area contributed by atoms with E-state index in [0.29, 0.717) is 6.04 Å². The largest absolute Gasteiger partial charge is 0.345 e. The Kier molecular flexibility index (Phi) is 3.29. The summed E-state index contributed by atoms with van der Waals surface area (Å²) in [6.45, 7) is 6.64. The van der Waals surface area contributed by atoms with E-state index in [9.17, 15) is 0 Å². The van der Waals surface area contributed by atoms with Gasteiger partial charge in [-0.15, -0.1) is 0 Å². The summed E-state index contributed by atoms with van der Waals surface area (Å²) in [4.78, 5) is 0. The smallest absolute Gasteiger partial charge is 0.0488 e. The van der Waals surface area contributed by atoms with Crippen molar-refractivity contribution < 1.29 is 0 Å². The molecule has 0 aliphatic heterocycles. The summed E-state index contributed by atoms with van der Waals surface area (Å²) in [5.74, 6) is 1.10. The zero-order valence-corrected chi connectivity index (χ0v) is 11.3. The molecule has 0 amide bonds. The Morgan fingerprint density at radius 3 is 2.69 bits per heavy atom. The van der Waals surface area contributed by atoms with Crippen molar-refractivity contribution in [1.29, 1.82) is 0 Å². The Hall–Kier alpha value is -0.890. The maximum atomic E-state index is 2.38. The monoisotopic (exact) mass is 233 g/mol. The normalized spacial score (nSPS) is 11.6. The number of aryl methyl sites for hydroxylation is 1. The maximum absolute atomic E-state index is 2.38. The molecule has 0 aliphatic carbocycles. The molecular formula is C14H19NS. The fourth-order valence-electron chi connectivity index (χ4n) is 2.13. The third-order valence-electron chi connectivity index (χ3n) is 2.93. The van der Waals surface area contributed by atoms with Crippen LogP contribution >= 0.6 is 11.8 Å². The van der Waals surface area contributed by atoms with E-state index in [1.54, 1.807) is 0 Å². The molecule has 1 heterocycles. The topological polar surface area (TPSA) is 4.93 Å². The second-order valence-corrected chi connectivity index (χ2v) is 5.47. The molecule has 0 atom stereocenters. The van der Waals surface area contributed by atoms with Crippen molar-refractivity contribution in [3.63, 3.8) is 0 Å². The number of thioether (sulfide) groups is 1. The second-order valence-electron chi connectivity index (χ2n) is 4.61. The van der Waals surface area contributed by atoms with Crippen LogP contribution in [0.25, 0.3) is 10.9 Å². The lowest BCUT2D eigenvalue weighted by Crippen LogP contribution is -1.98. The summed E-state index contributed by atoms with van der Waals surface area (Å²) in [6.07, 6.45) is 4.47. The van der Waals surface area contributed by atoms with Crippen molar-refractivity contribution in [3.8, 4) is 0 Å². The van der Waals surface area contributed by atoms with Gasteiger partial charge in [-0.3, -0.25) is 0 Å². The quantitative estimate of drug-likeness (QED) is 0.761. The fraction of sp³-hybridized carbons (Fsp3) is 0.429. The molecule has 16 heavy (non-hydrogen) atoms. The van der Waals surface area contributed by atoms with Crippen LogP contribution in [0.1, 0.15) is 31.0 Å². The predicted octanol–water partition coefficient (Wildman–Crippen LogP) is 4.39. The molecule has 0 saturated carbocycles. The van der Waals surface area contributed by atoms with Crippen LogP contribution in [0.5, 0.6) is 0 Å². The Morgan fingerprint density at radius 1 is 1.31 bits per heavy atom. The Balaban J connectivity index is 2.66. The molecule has 2 heteroatoms. The lowest BCUT2D eigenvalue weighted by molar-refractivity contribution is 0.621. The second kappa shape index (κ2) is 4.54. The fourth-order valence-corrected chi connectivity index (χ4v) is 2.67. The van der Waals surface area contributed by atoms with Crippen molar-refractivity contribution in [3.05, 3.63) is 35.5 Å². The van der Waals surface area contributed by atoms with Crippen LogP contribution in [0, 0.1) is 6.92 Å². The Morgan fingerprint density at radius 2 is 2.06 bits per heavy atom. The van der Waals surface area contributed by atoms with Gasteiger partial charge in [0.1, 0.15) is 0 Å². The lowest BCUT2D eigenvalue weighted by atomic mass is 10.1. The zero-order chi connectivity index (χ0) is 11.7. The molecule has 86 valence electrons. The zero-order valence-electron chi connectivity index (χ0n) is 10.4. The van der Waals surface area contributed by atoms with E-state index in [1.807, 2.05) is 11.8 Å². The minimum absolute atomic E-state index is 0.528. The van der Waals surface area contributed by atoms with E-state index < -0.39 is 0 Å². The first-order valence-electron chi connectivity index (χ1n) is 5.72.